The Morgan fingerprint density at radius 2 is 2.00 bits per heavy atom. The molecule has 72 valence electrons. The highest BCUT2D eigenvalue weighted by Crippen LogP contribution is 2.26. The van der Waals surface area contributed by atoms with Crippen LogP contribution in [-0.4, -0.2) is 5.78 Å². The number of Topliss-reactive ketones (excluding diaryl/α,β-unsaturated/α-hetero) is 1. The molecule has 0 aliphatic carbocycles. The summed E-state index contributed by atoms with van der Waals surface area (Å²) in [6.07, 6.45) is 0. The quantitative estimate of drug-likeness (QED) is 0.643. The average Bonchev–Trinajstić information content (AvgIpc) is 2.43. The fourth-order valence-corrected chi connectivity index (χ4v) is 1.67. The van der Waals surface area contributed by atoms with E-state index in [0.717, 1.165) is 22.1 Å². The summed E-state index contributed by atoms with van der Waals surface area (Å²) in [6.45, 7) is 5.44. The van der Waals surface area contributed by atoms with Crippen molar-refractivity contribution in [1.82, 2.24) is 0 Å². The highest BCUT2D eigenvalue weighted by molar-refractivity contribution is 5.98. The smallest absolute Gasteiger partial charge is 0.195 e. The number of rotatable bonds is 1. The van der Waals surface area contributed by atoms with Crippen molar-refractivity contribution >= 4 is 16.8 Å². The monoisotopic (exact) mass is 188 g/mol. The third-order valence-corrected chi connectivity index (χ3v) is 2.41. The second-order valence-electron chi connectivity index (χ2n) is 3.61. The van der Waals surface area contributed by atoms with Gasteiger partial charge < -0.3 is 4.42 Å². The number of hydrogen-bond donors (Lipinski definition) is 0. The van der Waals surface area contributed by atoms with Crippen LogP contribution in [0.15, 0.2) is 22.6 Å². The van der Waals surface area contributed by atoms with Crippen LogP contribution in [-0.2, 0) is 0 Å². The predicted octanol–water partition coefficient (Wildman–Crippen LogP) is 3.25. The van der Waals surface area contributed by atoms with Crippen LogP contribution in [0.3, 0.4) is 0 Å². The number of carbonyl (C=O) groups is 1. The second-order valence-corrected chi connectivity index (χ2v) is 3.61. The molecule has 0 aliphatic rings. The molecule has 2 nitrogen and oxygen atoms in total. The Bertz CT molecular complexity index is 506. The van der Waals surface area contributed by atoms with E-state index in [1.165, 1.54) is 6.92 Å². The van der Waals surface area contributed by atoms with Gasteiger partial charge in [0.15, 0.2) is 11.5 Å². The molecule has 0 atom stereocenters. The van der Waals surface area contributed by atoms with Crippen molar-refractivity contribution in [3.8, 4) is 0 Å². The maximum absolute atomic E-state index is 11.2. The number of fused-ring (bicyclic) bond motifs is 1. The van der Waals surface area contributed by atoms with Gasteiger partial charge in [0.1, 0.15) is 5.58 Å². The molecule has 2 heteroatoms. The Labute approximate surface area is 82.5 Å². The lowest BCUT2D eigenvalue weighted by molar-refractivity contribution is 0.0988. The molecule has 0 saturated heterocycles. The van der Waals surface area contributed by atoms with E-state index in [4.69, 9.17) is 4.42 Å². The van der Waals surface area contributed by atoms with E-state index >= 15 is 0 Å². The molecule has 1 aromatic carbocycles. The minimum absolute atomic E-state index is 0.0173. The zero-order chi connectivity index (χ0) is 10.3. The molecule has 0 aliphatic heterocycles. The molecule has 0 N–H and O–H groups in total. The first-order valence-electron chi connectivity index (χ1n) is 4.60. The number of hydrogen-bond acceptors (Lipinski definition) is 2. The van der Waals surface area contributed by atoms with Crippen LogP contribution < -0.4 is 0 Å². The summed E-state index contributed by atoms with van der Waals surface area (Å²) in [7, 11) is 0. The Kier molecular flexibility index (Phi) is 1.92. The third-order valence-electron chi connectivity index (χ3n) is 2.41. The van der Waals surface area contributed by atoms with E-state index in [1.54, 1.807) is 0 Å². The van der Waals surface area contributed by atoms with Gasteiger partial charge in [-0.15, -0.1) is 0 Å². The zero-order valence-electron chi connectivity index (χ0n) is 8.55. The summed E-state index contributed by atoms with van der Waals surface area (Å²) in [6, 6.07) is 5.97. The molecule has 1 aromatic heterocycles. The fourth-order valence-electron chi connectivity index (χ4n) is 1.67. The molecule has 0 bridgehead atoms. The van der Waals surface area contributed by atoms with Gasteiger partial charge in [-0.1, -0.05) is 12.1 Å². The molecule has 2 rings (SSSR count). The molecular weight excluding hydrogens is 176 g/mol. The van der Waals surface area contributed by atoms with Gasteiger partial charge in [-0.3, -0.25) is 4.79 Å². The van der Waals surface area contributed by atoms with Crippen LogP contribution >= 0.6 is 0 Å². The van der Waals surface area contributed by atoms with E-state index in [0.29, 0.717) is 5.76 Å². The van der Waals surface area contributed by atoms with Gasteiger partial charge in [0.25, 0.3) is 0 Å². The van der Waals surface area contributed by atoms with Crippen LogP contribution in [0, 0.1) is 13.8 Å². The van der Waals surface area contributed by atoms with Gasteiger partial charge in [0.2, 0.25) is 0 Å². The minimum Gasteiger partial charge on any atom is -0.453 e. The summed E-state index contributed by atoms with van der Waals surface area (Å²) < 4.78 is 5.49. The largest absolute Gasteiger partial charge is 0.453 e. The van der Waals surface area contributed by atoms with Crippen molar-refractivity contribution in [1.29, 1.82) is 0 Å². The van der Waals surface area contributed by atoms with Gasteiger partial charge in [-0.05, 0) is 25.5 Å². The fraction of sp³-hybridized carbons (Fsp3) is 0.250. The topological polar surface area (TPSA) is 30.2 Å². The van der Waals surface area contributed by atoms with Crippen LogP contribution in [0.2, 0.25) is 0 Å². The standard InChI is InChI=1S/C12H12O2/c1-7-4-5-10-8(2)12(9(3)13)14-11(10)6-7/h4-6H,1-3H3. The van der Waals surface area contributed by atoms with Crippen LogP contribution in [0.5, 0.6) is 0 Å². The van der Waals surface area contributed by atoms with Gasteiger partial charge in [0, 0.05) is 17.9 Å². The highest BCUT2D eigenvalue weighted by atomic mass is 16.3. The maximum Gasteiger partial charge on any atom is 0.195 e. The van der Waals surface area contributed by atoms with Crippen molar-refractivity contribution in [3.63, 3.8) is 0 Å². The number of benzene rings is 1. The summed E-state index contributed by atoms with van der Waals surface area (Å²) in [4.78, 5) is 11.2. The third kappa shape index (κ3) is 1.23. The van der Waals surface area contributed by atoms with Crippen molar-refractivity contribution in [3.05, 3.63) is 35.1 Å². The molecule has 2 aromatic rings. The van der Waals surface area contributed by atoms with Crippen LogP contribution in [0.4, 0.5) is 0 Å². The Balaban J connectivity index is 2.79. The van der Waals surface area contributed by atoms with E-state index in [9.17, 15) is 4.79 Å². The Morgan fingerprint density at radius 1 is 1.29 bits per heavy atom. The first kappa shape index (κ1) is 9.00. The molecule has 0 fully saturated rings. The van der Waals surface area contributed by atoms with Gasteiger partial charge in [-0.25, -0.2) is 0 Å². The summed E-state index contributed by atoms with van der Waals surface area (Å²) in [5.74, 6) is 0.460. The normalized spacial score (nSPS) is 10.8. The van der Waals surface area contributed by atoms with E-state index < -0.39 is 0 Å². The van der Waals surface area contributed by atoms with E-state index in [-0.39, 0.29) is 5.78 Å². The first-order valence-corrected chi connectivity index (χ1v) is 4.60. The lowest BCUT2D eigenvalue weighted by Gasteiger charge is -1.90. The number of ketones is 1. The summed E-state index contributed by atoms with van der Waals surface area (Å²) in [5, 5.41) is 1.03. The molecule has 0 spiro atoms. The molecule has 0 radical (unpaired) electrons. The van der Waals surface area contributed by atoms with Gasteiger partial charge in [-0.2, -0.15) is 0 Å². The molecule has 0 unspecified atom stereocenters. The van der Waals surface area contributed by atoms with Gasteiger partial charge in [0.05, 0.1) is 0 Å². The lowest BCUT2D eigenvalue weighted by atomic mass is 10.1. The Hall–Kier alpha value is -1.57. The molecule has 0 saturated carbocycles. The summed E-state index contributed by atoms with van der Waals surface area (Å²) in [5.41, 5.74) is 2.88. The number of carbonyl (C=O) groups excluding carboxylic acids is 1. The van der Waals surface area contributed by atoms with Crippen LogP contribution in [0.25, 0.3) is 11.0 Å². The zero-order valence-corrected chi connectivity index (χ0v) is 8.55. The van der Waals surface area contributed by atoms with E-state index in [1.807, 2.05) is 32.0 Å². The number of furan rings is 1. The average molecular weight is 188 g/mol. The van der Waals surface area contributed by atoms with Crippen molar-refractivity contribution in [2.75, 3.05) is 0 Å². The predicted molar refractivity (Wildman–Crippen MR) is 55.7 cm³/mol. The molecule has 0 amide bonds. The minimum atomic E-state index is -0.0173. The first-order chi connectivity index (χ1) is 6.59. The Morgan fingerprint density at radius 3 is 2.64 bits per heavy atom. The van der Waals surface area contributed by atoms with Crippen molar-refractivity contribution < 1.29 is 9.21 Å². The number of aryl methyl sites for hydroxylation is 2. The van der Waals surface area contributed by atoms with Crippen LogP contribution in [0.1, 0.15) is 28.6 Å². The van der Waals surface area contributed by atoms with E-state index in [2.05, 4.69) is 0 Å². The second kappa shape index (κ2) is 2.98. The maximum atomic E-state index is 11.2. The molecular formula is C12H12O2. The van der Waals surface area contributed by atoms with Crippen molar-refractivity contribution in [2.24, 2.45) is 0 Å². The molecule has 14 heavy (non-hydrogen) atoms. The highest BCUT2D eigenvalue weighted by Gasteiger charge is 2.13. The molecule has 1 heterocycles. The lowest BCUT2D eigenvalue weighted by Crippen LogP contribution is -1.90. The van der Waals surface area contributed by atoms with Gasteiger partial charge >= 0.3 is 0 Å². The SMILES string of the molecule is CC(=O)c1oc2cc(C)ccc2c1C. The van der Waals surface area contributed by atoms with Crippen molar-refractivity contribution in [2.45, 2.75) is 20.8 Å². The summed E-state index contributed by atoms with van der Waals surface area (Å²) >= 11 is 0.